The number of alkyl halides is 3. The Morgan fingerprint density at radius 1 is 0.892 bits per heavy atom. The van der Waals surface area contributed by atoms with Gasteiger partial charge in [0.1, 0.15) is 0 Å². The molecular weight excluding hydrogens is 473 g/mol. The van der Waals surface area contributed by atoms with E-state index in [9.17, 15) is 18.0 Å². The third-order valence-corrected chi connectivity index (χ3v) is 7.72. The summed E-state index contributed by atoms with van der Waals surface area (Å²) in [4.78, 5) is 11.2. The number of aromatic carboxylic acids is 1. The van der Waals surface area contributed by atoms with Gasteiger partial charge in [0.2, 0.25) is 0 Å². The molecule has 1 aliphatic carbocycles. The van der Waals surface area contributed by atoms with Crippen molar-refractivity contribution in [3.8, 4) is 0 Å². The molecule has 0 aromatic heterocycles. The fourth-order valence-electron chi connectivity index (χ4n) is 5.18. The highest BCUT2D eigenvalue weighted by atomic mass is 19.4. The number of carboxylic acids is 1. The fourth-order valence-corrected chi connectivity index (χ4v) is 5.18. The van der Waals surface area contributed by atoms with Crippen LogP contribution in [0.2, 0.25) is 0 Å². The summed E-state index contributed by atoms with van der Waals surface area (Å²) < 4.78 is 39.2. The number of benzene rings is 3. The van der Waals surface area contributed by atoms with Crippen molar-refractivity contribution in [3.63, 3.8) is 0 Å². The first-order valence-electron chi connectivity index (χ1n) is 12.6. The molecule has 0 saturated carbocycles. The van der Waals surface area contributed by atoms with Crippen LogP contribution in [0, 0.1) is 0 Å². The van der Waals surface area contributed by atoms with Crippen LogP contribution in [0.1, 0.15) is 90.2 Å². The predicted octanol–water partition coefficient (Wildman–Crippen LogP) is 8.79. The molecule has 1 N–H and O–H groups in total. The predicted molar refractivity (Wildman–Crippen MR) is 142 cm³/mol. The number of rotatable bonds is 6. The number of fused-ring (bicyclic) bond motifs is 1. The average molecular weight is 507 g/mol. The molecule has 0 fully saturated rings. The van der Waals surface area contributed by atoms with Crippen molar-refractivity contribution in [2.45, 2.75) is 69.9 Å². The summed E-state index contributed by atoms with van der Waals surface area (Å²) in [6, 6.07) is 18.7. The van der Waals surface area contributed by atoms with Gasteiger partial charge >= 0.3 is 12.1 Å². The van der Waals surface area contributed by atoms with Gasteiger partial charge in [0.05, 0.1) is 11.1 Å². The Labute approximate surface area is 216 Å². The van der Waals surface area contributed by atoms with E-state index in [1.165, 1.54) is 11.1 Å². The zero-order valence-corrected chi connectivity index (χ0v) is 21.7. The molecule has 2 nitrogen and oxygen atoms in total. The lowest BCUT2D eigenvalue weighted by molar-refractivity contribution is -0.137. The van der Waals surface area contributed by atoms with Gasteiger partial charge in [0, 0.05) is 5.92 Å². The quantitative estimate of drug-likeness (QED) is 0.363. The van der Waals surface area contributed by atoms with E-state index >= 15 is 0 Å². The van der Waals surface area contributed by atoms with E-state index in [1.54, 1.807) is 36.4 Å². The van der Waals surface area contributed by atoms with Gasteiger partial charge < -0.3 is 5.11 Å². The van der Waals surface area contributed by atoms with E-state index in [0.717, 1.165) is 41.7 Å². The third-order valence-electron chi connectivity index (χ3n) is 7.72. The maximum Gasteiger partial charge on any atom is 0.416 e. The van der Waals surface area contributed by atoms with Crippen LogP contribution in [-0.4, -0.2) is 11.1 Å². The van der Waals surface area contributed by atoms with Gasteiger partial charge in [-0.2, -0.15) is 13.2 Å². The Morgan fingerprint density at radius 2 is 1.49 bits per heavy atom. The highest BCUT2D eigenvalue weighted by Gasteiger charge is 2.37. The lowest BCUT2D eigenvalue weighted by Crippen LogP contribution is -2.34. The highest BCUT2D eigenvalue weighted by molar-refractivity contribution is 5.87. The van der Waals surface area contributed by atoms with Crippen molar-refractivity contribution in [2.75, 3.05) is 0 Å². The highest BCUT2D eigenvalue weighted by Crippen LogP contribution is 2.46. The molecule has 0 spiro atoms. The first-order valence-corrected chi connectivity index (χ1v) is 12.6. The molecule has 5 heteroatoms. The van der Waals surface area contributed by atoms with Crippen LogP contribution in [0.4, 0.5) is 13.2 Å². The summed E-state index contributed by atoms with van der Waals surface area (Å²) in [5.74, 6) is -1.04. The Morgan fingerprint density at radius 3 is 2.05 bits per heavy atom. The zero-order chi connectivity index (χ0) is 27.0. The van der Waals surface area contributed by atoms with E-state index in [4.69, 9.17) is 5.11 Å². The molecule has 1 atom stereocenters. The second-order valence-electron chi connectivity index (χ2n) is 11.4. The number of hydrogen-bond acceptors (Lipinski definition) is 1. The minimum atomic E-state index is -4.36. The van der Waals surface area contributed by atoms with Crippen molar-refractivity contribution < 1.29 is 23.1 Å². The SMILES string of the molecule is CC1(C)CCC(C)(C)c2cc(C(/C=C/c3ccc(C(=O)O)cc3)Cc3ccc(C(F)(F)F)cc3)ccc21. The minimum Gasteiger partial charge on any atom is -0.478 e. The number of carbonyl (C=O) groups is 1. The molecule has 4 rings (SSSR count). The van der Waals surface area contributed by atoms with Gasteiger partial charge in [-0.15, -0.1) is 0 Å². The van der Waals surface area contributed by atoms with E-state index in [1.807, 2.05) is 6.08 Å². The molecule has 0 amide bonds. The Hall–Kier alpha value is -3.34. The van der Waals surface area contributed by atoms with Crippen LogP contribution in [0.25, 0.3) is 6.08 Å². The molecule has 0 aliphatic heterocycles. The molecule has 0 radical (unpaired) electrons. The first-order chi connectivity index (χ1) is 17.3. The molecule has 3 aromatic carbocycles. The monoisotopic (exact) mass is 506 g/mol. The van der Waals surface area contributed by atoms with Crippen molar-refractivity contribution in [1.82, 2.24) is 0 Å². The second kappa shape index (κ2) is 9.85. The second-order valence-corrected chi connectivity index (χ2v) is 11.4. The van der Waals surface area contributed by atoms with E-state index < -0.39 is 17.7 Å². The van der Waals surface area contributed by atoms with Gasteiger partial charge in [0.25, 0.3) is 0 Å². The number of halogens is 3. The summed E-state index contributed by atoms with van der Waals surface area (Å²) in [6.45, 7) is 9.10. The van der Waals surface area contributed by atoms with Gasteiger partial charge in [-0.3, -0.25) is 0 Å². The molecular formula is C32H33F3O2. The van der Waals surface area contributed by atoms with Crippen LogP contribution in [0.15, 0.2) is 72.8 Å². The Bertz CT molecular complexity index is 1300. The topological polar surface area (TPSA) is 37.3 Å². The van der Waals surface area contributed by atoms with Crippen LogP contribution < -0.4 is 0 Å². The van der Waals surface area contributed by atoms with Gasteiger partial charge in [-0.25, -0.2) is 4.79 Å². The minimum absolute atomic E-state index is 0.0378. The number of allylic oxidation sites excluding steroid dienone is 1. The maximum atomic E-state index is 13.1. The van der Waals surface area contributed by atoms with Crippen molar-refractivity contribution in [1.29, 1.82) is 0 Å². The maximum absolute atomic E-state index is 13.1. The van der Waals surface area contributed by atoms with Crippen molar-refractivity contribution in [2.24, 2.45) is 0 Å². The molecule has 194 valence electrons. The first kappa shape index (κ1) is 26.7. The van der Waals surface area contributed by atoms with E-state index in [2.05, 4.69) is 52.0 Å². The molecule has 0 bridgehead atoms. The average Bonchev–Trinajstić information content (AvgIpc) is 2.84. The summed E-state index contributed by atoms with van der Waals surface area (Å²) in [5, 5.41) is 9.16. The van der Waals surface area contributed by atoms with Crippen molar-refractivity contribution in [3.05, 3.63) is 112 Å². The normalized spacial score (nSPS) is 17.4. The van der Waals surface area contributed by atoms with E-state index in [0.29, 0.717) is 6.42 Å². The lowest BCUT2D eigenvalue weighted by atomic mass is 9.62. The van der Waals surface area contributed by atoms with Crippen LogP contribution in [-0.2, 0) is 23.4 Å². The van der Waals surface area contributed by atoms with Gasteiger partial charge in [0.15, 0.2) is 0 Å². The summed E-state index contributed by atoms with van der Waals surface area (Å²) in [7, 11) is 0. The molecule has 1 aliphatic rings. The fraction of sp³-hybridized carbons (Fsp3) is 0.344. The molecule has 3 aromatic rings. The lowest BCUT2D eigenvalue weighted by Gasteiger charge is -2.42. The summed E-state index contributed by atoms with van der Waals surface area (Å²) in [6.07, 6.45) is 2.41. The van der Waals surface area contributed by atoms with Gasteiger partial charge in [-0.1, -0.05) is 82.3 Å². The van der Waals surface area contributed by atoms with E-state index in [-0.39, 0.29) is 22.3 Å². The third kappa shape index (κ3) is 5.98. The zero-order valence-electron chi connectivity index (χ0n) is 21.7. The Balaban J connectivity index is 1.71. The summed E-state index contributed by atoms with van der Waals surface area (Å²) >= 11 is 0. The smallest absolute Gasteiger partial charge is 0.416 e. The van der Waals surface area contributed by atoms with Crippen LogP contribution >= 0.6 is 0 Å². The number of hydrogen-bond donors (Lipinski definition) is 1. The summed E-state index contributed by atoms with van der Waals surface area (Å²) in [5.41, 5.74) is 5.18. The molecule has 0 saturated heterocycles. The van der Waals surface area contributed by atoms with Gasteiger partial charge in [-0.05, 0) is 82.2 Å². The Kier molecular flexibility index (Phi) is 7.11. The van der Waals surface area contributed by atoms with Crippen molar-refractivity contribution >= 4 is 12.0 Å². The standard InChI is InChI=1S/C32H33F3O2/c1-30(2)17-18-31(3,4)28-20-25(13-16-27(28)30)24(12-7-21-5-10-23(11-6-21)29(36)37)19-22-8-14-26(15-9-22)32(33,34)35/h5-16,20,24H,17-19H2,1-4H3,(H,36,37)/b12-7+. The molecule has 0 heterocycles. The molecule has 37 heavy (non-hydrogen) atoms. The molecule has 1 unspecified atom stereocenters. The largest absolute Gasteiger partial charge is 0.478 e. The number of carboxylic acid groups (broad SMARTS) is 1. The van der Waals surface area contributed by atoms with Crippen LogP contribution in [0.5, 0.6) is 0 Å². The van der Waals surface area contributed by atoms with Crippen LogP contribution in [0.3, 0.4) is 0 Å².